The summed E-state index contributed by atoms with van der Waals surface area (Å²) in [6.07, 6.45) is 7.76. The fourth-order valence-electron chi connectivity index (χ4n) is 3.20. The molecule has 0 bridgehead atoms. The van der Waals surface area contributed by atoms with Crippen LogP contribution in [0.25, 0.3) is 0 Å². The van der Waals surface area contributed by atoms with Crippen molar-refractivity contribution in [2.24, 2.45) is 5.92 Å². The van der Waals surface area contributed by atoms with E-state index in [0.717, 1.165) is 31.8 Å². The van der Waals surface area contributed by atoms with Gasteiger partial charge in [0.1, 0.15) is 5.82 Å². The molecule has 1 amide bonds. The molecule has 0 spiro atoms. The van der Waals surface area contributed by atoms with Crippen molar-refractivity contribution >= 4 is 11.7 Å². The number of likely N-dealkylation sites (tertiary alicyclic amines) is 1. The first-order chi connectivity index (χ1) is 10.6. The normalized spacial score (nSPS) is 19.1. The minimum absolute atomic E-state index is 0.119. The van der Waals surface area contributed by atoms with Crippen molar-refractivity contribution in [1.29, 1.82) is 0 Å². The molecule has 0 radical (unpaired) electrons. The van der Waals surface area contributed by atoms with Crippen molar-refractivity contribution in [1.82, 2.24) is 9.88 Å². The molecule has 1 saturated heterocycles. The number of nitrogens with one attached hydrogen (secondary N) is 1. The molecule has 4 nitrogen and oxygen atoms in total. The second kappa shape index (κ2) is 8.16. The zero-order valence-corrected chi connectivity index (χ0v) is 14.1. The van der Waals surface area contributed by atoms with Crippen molar-refractivity contribution in [3.63, 3.8) is 0 Å². The van der Waals surface area contributed by atoms with Crippen LogP contribution in [-0.2, 0) is 0 Å². The van der Waals surface area contributed by atoms with E-state index in [1.54, 1.807) is 6.20 Å². The first-order valence-corrected chi connectivity index (χ1v) is 8.62. The summed E-state index contributed by atoms with van der Waals surface area (Å²) < 4.78 is 0. The van der Waals surface area contributed by atoms with Crippen LogP contribution in [-0.4, -0.2) is 34.9 Å². The molecule has 1 aliphatic heterocycles. The summed E-state index contributed by atoms with van der Waals surface area (Å²) in [6, 6.07) is 3.99. The van der Waals surface area contributed by atoms with Gasteiger partial charge in [-0.25, -0.2) is 4.98 Å². The Morgan fingerprint density at radius 3 is 2.95 bits per heavy atom. The van der Waals surface area contributed by atoms with Gasteiger partial charge in [0.25, 0.3) is 5.91 Å². The molecule has 1 N–H and O–H groups in total. The number of hydrogen-bond acceptors (Lipinski definition) is 3. The third-order valence-electron chi connectivity index (χ3n) is 4.30. The molecule has 1 aromatic rings. The highest BCUT2D eigenvalue weighted by Gasteiger charge is 2.23. The minimum atomic E-state index is 0.119. The van der Waals surface area contributed by atoms with Gasteiger partial charge in [-0.3, -0.25) is 4.79 Å². The number of carbonyl (C=O) groups excluding carboxylic acids is 1. The summed E-state index contributed by atoms with van der Waals surface area (Å²) in [5.41, 5.74) is 0.699. The van der Waals surface area contributed by atoms with Crippen molar-refractivity contribution < 1.29 is 4.79 Å². The first-order valence-electron chi connectivity index (χ1n) is 8.62. The maximum absolute atomic E-state index is 12.9. The topological polar surface area (TPSA) is 45.2 Å². The molecule has 2 rings (SSSR count). The van der Waals surface area contributed by atoms with Crippen LogP contribution in [0.4, 0.5) is 5.82 Å². The van der Waals surface area contributed by atoms with E-state index >= 15 is 0 Å². The fourth-order valence-corrected chi connectivity index (χ4v) is 3.20. The van der Waals surface area contributed by atoms with Gasteiger partial charge in [-0.15, -0.1) is 0 Å². The van der Waals surface area contributed by atoms with Crippen LogP contribution in [0.5, 0.6) is 0 Å². The number of amides is 1. The Morgan fingerprint density at radius 2 is 2.23 bits per heavy atom. The summed E-state index contributed by atoms with van der Waals surface area (Å²) in [4.78, 5) is 19.2. The fraction of sp³-hybridized carbons (Fsp3) is 0.667. The summed E-state index contributed by atoms with van der Waals surface area (Å²) in [7, 11) is 0. The third-order valence-corrected chi connectivity index (χ3v) is 4.30. The summed E-state index contributed by atoms with van der Waals surface area (Å²) >= 11 is 0. The Hall–Kier alpha value is -1.58. The number of rotatable bonds is 5. The van der Waals surface area contributed by atoms with Crippen molar-refractivity contribution in [3.8, 4) is 0 Å². The first kappa shape index (κ1) is 16.8. The molecular weight excluding hydrogens is 274 g/mol. The van der Waals surface area contributed by atoms with Crippen LogP contribution in [0.15, 0.2) is 18.3 Å². The van der Waals surface area contributed by atoms with Crippen LogP contribution in [0.2, 0.25) is 0 Å². The lowest BCUT2D eigenvalue weighted by Gasteiger charge is -2.22. The van der Waals surface area contributed by atoms with Gasteiger partial charge < -0.3 is 10.2 Å². The maximum Gasteiger partial charge on any atom is 0.257 e. The van der Waals surface area contributed by atoms with Gasteiger partial charge in [-0.1, -0.05) is 19.8 Å². The number of anilines is 1. The molecular formula is C18H29N3O. The van der Waals surface area contributed by atoms with Gasteiger partial charge in [-0.2, -0.15) is 0 Å². The molecule has 4 heteroatoms. The molecule has 122 valence electrons. The SMILES string of the molecule is CCCC1CCCN(C(=O)c2cccnc2NC(C)C)CC1. The second-order valence-corrected chi connectivity index (χ2v) is 6.58. The van der Waals surface area contributed by atoms with Crippen LogP contribution in [0.3, 0.4) is 0 Å². The van der Waals surface area contributed by atoms with Gasteiger partial charge in [0.2, 0.25) is 0 Å². The van der Waals surface area contributed by atoms with Gasteiger partial charge in [0.05, 0.1) is 5.56 Å². The van der Waals surface area contributed by atoms with E-state index in [-0.39, 0.29) is 11.9 Å². The highest BCUT2D eigenvalue weighted by Crippen LogP contribution is 2.24. The molecule has 1 aromatic heterocycles. The Bertz CT molecular complexity index is 487. The van der Waals surface area contributed by atoms with Crippen molar-refractivity contribution in [3.05, 3.63) is 23.9 Å². The molecule has 1 aliphatic rings. The van der Waals surface area contributed by atoms with Crippen molar-refractivity contribution in [2.75, 3.05) is 18.4 Å². The zero-order valence-electron chi connectivity index (χ0n) is 14.1. The quantitative estimate of drug-likeness (QED) is 0.896. The Kier molecular flexibility index (Phi) is 6.22. The summed E-state index contributed by atoms with van der Waals surface area (Å²) in [5.74, 6) is 1.61. The standard InChI is InChI=1S/C18H29N3O/c1-4-7-15-8-6-12-21(13-10-15)18(22)16-9-5-11-19-17(16)20-14(2)3/h5,9,11,14-15H,4,6-8,10,12-13H2,1-3H3,(H,19,20). The highest BCUT2D eigenvalue weighted by molar-refractivity contribution is 5.98. The third kappa shape index (κ3) is 4.46. The summed E-state index contributed by atoms with van der Waals surface area (Å²) in [5, 5.41) is 3.28. The zero-order chi connectivity index (χ0) is 15.9. The van der Waals surface area contributed by atoms with E-state index in [1.807, 2.05) is 17.0 Å². The van der Waals surface area contributed by atoms with Crippen molar-refractivity contribution in [2.45, 2.75) is 58.9 Å². The lowest BCUT2D eigenvalue weighted by atomic mass is 9.96. The van der Waals surface area contributed by atoms with Crippen LogP contribution in [0.1, 0.15) is 63.2 Å². The average molecular weight is 303 g/mol. The lowest BCUT2D eigenvalue weighted by Crippen LogP contribution is -2.33. The predicted molar refractivity (Wildman–Crippen MR) is 91.1 cm³/mol. The number of pyridine rings is 1. The van der Waals surface area contributed by atoms with Gasteiger partial charge in [0, 0.05) is 25.3 Å². The van der Waals surface area contributed by atoms with E-state index in [1.165, 1.54) is 19.3 Å². The lowest BCUT2D eigenvalue weighted by molar-refractivity contribution is 0.0760. The number of hydrogen-bond donors (Lipinski definition) is 1. The van der Waals surface area contributed by atoms with E-state index < -0.39 is 0 Å². The molecule has 1 unspecified atom stereocenters. The van der Waals surface area contributed by atoms with Gasteiger partial charge >= 0.3 is 0 Å². The van der Waals surface area contributed by atoms with Crippen LogP contribution < -0.4 is 5.32 Å². The molecule has 1 fully saturated rings. The van der Waals surface area contributed by atoms with Crippen LogP contribution in [0, 0.1) is 5.92 Å². The van der Waals surface area contributed by atoms with E-state index in [2.05, 4.69) is 31.1 Å². The maximum atomic E-state index is 12.9. The van der Waals surface area contributed by atoms with E-state index in [9.17, 15) is 4.79 Å². The van der Waals surface area contributed by atoms with Gasteiger partial charge in [0.15, 0.2) is 0 Å². The molecule has 0 saturated carbocycles. The Morgan fingerprint density at radius 1 is 1.41 bits per heavy atom. The summed E-state index contributed by atoms with van der Waals surface area (Å²) in [6.45, 7) is 8.11. The highest BCUT2D eigenvalue weighted by atomic mass is 16.2. The molecule has 1 atom stereocenters. The molecule has 2 heterocycles. The van der Waals surface area contributed by atoms with E-state index in [0.29, 0.717) is 11.4 Å². The van der Waals surface area contributed by atoms with Crippen LogP contribution >= 0.6 is 0 Å². The van der Waals surface area contributed by atoms with Gasteiger partial charge in [-0.05, 0) is 51.2 Å². The largest absolute Gasteiger partial charge is 0.367 e. The number of carbonyl (C=O) groups is 1. The molecule has 0 aromatic carbocycles. The molecule has 0 aliphatic carbocycles. The smallest absolute Gasteiger partial charge is 0.257 e. The Balaban J connectivity index is 2.08. The number of aromatic nitrogens is 1. The minimum Gasteiger partial charge on any atom is -0.367 e. The monoisotopic (exact) mass is 303 g/mol. The van der Waals surface area contributed by atoms with E-state index in [4.69, 9.17) is 0 Å². The molecule has 22 heavy (non-hydrogen) atoms. The Labute approximate surface area is 134 Å². The second-order valence-electron chi connectivity index (χ2n) is 6.58. The predicted octanol–water partition coefficient (Wildman–Crippen LogP) is 3.94. The average Bonchev–Trinajstić information content (AvgIpc) is 2.73. The number of nitrogens with zero attached hydrogens (tertiary/aromatic N) is 2.